The highest BCUT2D eigenvalue weighted by Gasteiger charge is 2.59. The number of halogens is 1. The van der Waals surface area contributed by atoms with Crippen molar-refractivity contribution in [3.8, 4) is 0 Å². The Morgan fingerprint density at radius 2 is 1.24 bits per heavy atom. The Morgan fingerprint density at radius 3 is 1.68 bits per heavy atom. The summed E-state index contributed by atoms with van der Waals surface area (Å²) in [5, 5.41) is 0. The number of ether oxygens (including phenoxy) is 1. The molecule has 4 heteroatoms. The van der Waals surface area contributed by atoms with Crippen LogP contribution in [0.5, 0.6) is 0 Å². The Bertz CT molecular complexity index is 1160. The number of hydrogen-bond acceptors (Lipinski definition) is 2. The summed E-state index contributed by atoms with van der Waals surface area (Å²) < 4.78 is 19.4. The molecule has 0 saturated heterocycles. The van der Waals surface area contributed by atoms with Gasteiger partial charge in [-0.3, -0.25) is 4.21 Å². The lowest BCUT2D eigenvalue weighted by molar-refractivity contribution is 0.00605. The number of rotatable bonds is 8. The normalized spacial score (nSPS) is 20.6. The highest BCUT2D eigenvalue weighted by Crippen LogP contribution is 2.55. The average molecular weight is 487 g/mol. The van der Waals surface area contributed by atoms with E-state index in [0.717, 1.165) is 27.1 Å². The molecule has 3 atom stereocenters. The van der Waals surface area contributed by atoms with E-state index in [4.69, 9.17) is 16.3 Å². The largest absolute Gasteiger partial charge is 0.360 e. The van der Waals surface area contributed by atoms with E-state index in [9.17, 15) is 4.21 Å². The molecule has 34 heavy (non-hydrogen) atoms. The van der Waals surface area contributed by atoms with Crippen molar-refractivity contribution in [1.29, 1.82) is 0 Å². The molecule has 4 aromatic rings. The van der Waals surface area contributed by atoms with Gasteiger partial charge in [0.25, 0.3) is 0 Å². The van der Waals surface area contributed by atoms with Crippen molar-refractivity contribution in [3.63, 3.8) is 0 Å². The second-order valence-corrected chi connectivity index (χ2v) is 11.5. The molecule has 5 rings (SSSR count). The molecule has 0 amide bonds. The second kappa shape index (κ2) is 9.50. The lowest BCUT2D eigenvalue weighted by Crippen LogP contribution is -2.34. The summed E-state index contributed by atoms with van der Waals surface area (Å²) in [4.78, 5) is 0.767. The van der Waals surface area contributed by atoms with E-state index in [0.29, 0.717) is 13.0 Å². The van der Waals surface area contributed by atoms with Gasteiger partial charge in [-0.05, 0) is 42.2 Å². The van der Waals surface area contributed by atoms with Crippen molar-refractivity contribution in [2.45, 2.75) is 28.0 Å². The molecule has 2 nitrogen and oxygen atoms in total. The van der Waals surface area contributed by atoms with Crippen LogP contribution in [0.25, 0.3) is 0 Å². The minimum atomic E-state index is -1.30. The Hall–Kier alpha value is -2.72. The van der Waals surface area contributed by atoms with E-state index in [1.54, 1.807) is 0 Å². The standard InChI is InChI=1S/C30H27ClO2S/c1-23-17-19-28(20-18-23)34(32)29(31)21-27(29)22-33-30(24-11-5-2-6-12-24,25-13-7-3-8-14-25)26-15-9-4-10-16-26/h2-20,27H,21-22H2,1H3. The quantitative estimate of drug-likeness (QED) is 0.197. The molecule has 1 aliphatic carbocycles. The third-order valence-electron chi connectivity index (χ3n) is 6.56. The van der Waals surface area contributed by atoms with Crippen molar-refractivity contribution in [2.75, 3.05) is 6.61 Å². The third-order valence-corrected chi connectivity index (χ3v) is 9.26. The van der Waals surface area contributed by atoms with Crippen LogP contribution in [0.3, 0.4) is 0 Å². The fraction of sp³-hybridized carbons (Fsp3) is 0.200. The highest BCUT2D eigenvalue weighted by atomic mass is 35.5. The van der Waals surface area contributed by atoms with Gasteiger partial charge in [0.05, 0.1) is 17.4 Å². The van der Waals surface area contributed by atoms with E-state index in [-0.39, 0.29) is 5.92 Å². The van der Waals surface area contributed by atoms with Crippen LogP contribution in [0.15, 0.2) is 120 Å². The van der Waals surface area contributed by atoms with Crippen molar-refractivity contribution in [3.05, 3.63) is 138 Å². The lowest BCUT2D eigenvalue weighted by atomic mass is 9.80. The van der Waals surface area contributed by atoms with Gasteiger partial charge < -0.3 is 4.74 Å². The molecule has 0 bridgehead atoms. The number of benzene rings is 4. The molecule has 1 aliphatic rings. The first-order chi connectivity index (χ1) is 16.5. The zero-order chi connectivity index (χ0) is 23.6. The second-order valence-electron chi connectivity index (χ2n) is 8.86. The highest BCUT2D eigenvalue weighted by molar-refractivity contribution is 7.88. The Labute approximate surface area is 209 Å². The summed E-state index contributed by atoms with van der Waals surface area (Å²) in [5.41, 5.74) is 3.49. The molecule has 1 fully saturated rings. The molecule has 0 spiro atoms. The average Bonchev–Trinajstić information content (AvgIpc) is 3.57. The Morgan fingerprint density at radius 1 is 0.794 bits per heavy atom. The zero-order valence-electron chi connectivity index (χ0n) is 19.1. The Kier molecular flexibility index (Phi) is 6.44. The van der Waals surface area contributed by atoms with Gasteiger partial charge in [0, 0.05) is 10.8 Å². The molecule has 0 radical (unpaired) electrons. The molecule has 172 valence electrons. The van der Waals surface area contributed by atoms with Crippen LogP contribution >= 0.6 is 11.6 Å². The third kappa shape index (κ3) is 4.24. The minimum absolute atomic E-state index is 0.00758. The lowest BCUT2D eigenvalue weighted by Gasteiger charge is -2.36. The van der Waals surface area contributed by atoms with E-state index < -0.39 is 20.6 Å². The molecular formula is C30H27ClO2S. The summed E-state index contributed by atoms with van der Waals surface area (Å²) in [6.07, 6.45) is 0.656. The van der Waals surface area contributed by atoms with Crippen LogP contribution in [0.2, 0.25) is 0 Å². The molecule has 0 aliphatic heterocycles. The molecule has 3 unspecified atom stereocenters. The number of hydrogen-bond donors (Lipinski definition) is 0. The van der Waals surface area contributed by atoms with Crippen LogP contribution in [0, 0.1) is 12.8 Å². The summed E-state index contributed by atoms with van der Waals surface area (Å²) in [6.45, 7) is 2.42. The summed E-state index contributed by atoms with van der Waals surface area (Å²) in [7, 11) is -1.30. The minimum Gasteiger partial charge on any atom is -0.360 e. The first-order valence-electron chi connectivity index (χ1n) is 11.5. The van der Waals surface area contributed by atoms with Gasteiger partial charge in [-0.2, -0.15) is 0 Å². The number of alkyl halides is 1. The van der Waals surface area contributed by atoms with E-state index in [2.05, 4.69) is 36.4 Å². The molecule has 1 saturated carbocycles. The van der Waals surface area contributed by atoms with E-state index >= 15 is 0 Å². The van der Waals surface area contributed by atoms with Gasteiger partial charge in [0.15, 0.2) is 0 Å². The molecule has 4 aromatic carbocycles. The smallest absolute Gasteiger partial charge is 0.143 e. The van der Waals surface area contributed by atoms with Crippen molar-refractivity contribution in [1.82, 2.24) is 0 Å². The first kappa shape index (κ1) is 23.0. The zero-order valence-corrected chi connectivity index (χ0v) is 20.6. The first-order valence-corrected chi connectivity index (χ1v) is 13.0. The molecular weight excluding hydrogens is 460 g/mol. The predicted molar refractivity (Wildman–Crippen MR) is 139 cm³/mol. The van der Waals surface area contributed by atoms with Gasteiger partial charge in [0.1, 0.15) is 9.81 Å². The van der Waals surface area contributed by atoms with Crippen LogP contribution < -0.4 is 0 Å². The van der Waals surface area contributed by atoms with Crippen molar-refractivity contribution < 1.29 is 8.95 Å². The number of aryl methyl sites for hydroxylation is 1. The fourth-order valence-electron chi connectivity index (χ4n) is 4.54. The van der Waals surface area contributed by atoms with E-state index in [1.165, 1.54) is 0 Å². The summed E-state index contributed by atoms with van der Waals surface area (Å²) in [6, 6.07) is 38.7. The van der Waals surface area contributed by atoms with Crippen LogP contribution in [0.1, 0.15) is 28.7 Å². The predicted octanol–water partition coefficient (Wildman–Crippen LogP) is 7.07. The van der Waals surface area contributed by atoms with Gasteiger partial charge in [-0.15, -0.1) is 11.6 Å². The molecule has 0 heterocycles. The maximum absolute atomic E-state index is 13.3. The van der Waals surface area contributed by atoms with Crippen LogP contribution in [-0.2, 0) is 21.1 Å². The monoisotopic (exact) mass is 486 g/mol. The van der Waals surface area contributed by atoms with Crippen LogP contribution in [-0.4, -0.2) is 15.0 Å². The maximum Gasteiger partial charge on any atom is 0.143 e. The summed E-state index contributed by atoms with van der Waals surface area (Å²) >= 11 is 6.92. The van der Waals surface area contributed by atoms with Gasteiger partial charge >= 0.3 is 0 Å². The topological polar surface area (TPSA) is 26.3 Å². The molecule has 0 N–H and O–H groups in total. The van der Waals surface area contributed by atoms with Gasteiger partial charge in [-0.25, -0.2) is 0 Å². The van der Waals surface area contributed by atoms with Gasteiger partial charge in [0.2, 0.25) is 0 Å². The van der Waals surface area contributed by atoms with Crippen molar-refractivity contribution >= 4 is 22.4 Å². The maximum atomic E-state index is 13.3. The SMILES string of the molecule is Cc1ccc(S(=O)C2(Cl)CC2COC(c2ccccc2)(c2ccccc2)c2ccccc2)cc1. The van der Waals surface area contributed by atoms with Gasteiger partial charge in [-0.1, -0.05) is 109 Å². The molecule has 0 aromatic heterocycles. The van der Waals surface area contributed by atoms with E-state index in [1.807, 2.05) is 85.8 Å². The van der Waals surface area contributed by atoms with Crippen molar-refractivity contribution in [2.24, 2.45) is 5.92 Å². The van der Waals surface area contributed by atoms with Crippen LogP contribution in [0.4, 0.5) is 0 Å². The Balaban J connectivity index is 1.49. The fourth-order valence-corrected chi connectivity index (χ4v) is 6.55. The summed E-state index contributed by atoms with van der Waals surface area (Å²) in [5.74, 6) is -0.00758.